The van der Waals surface area contributed by atoms with Crippen LogP contribution in [-0.4, -0.2) is 19.5 Å². The lowest BCUT2D eigenvalue weighted by atomic mass is 9.45. The Morgan fingerprint density at radius 2 is 1.68 bits per heavy atom. The molecule has 5 atom stereocenters. The van der Waals surface area contributed by atoms with Crippen molar-refractivity contribution in [2.24, 2.45) is 34.0 Å². The zero-order valence-corrected chi connectivity index (χ0v) is 24.0. The maximum Gasteiger partial charge on any atom is 0.147 e. The Kier molecular flexibility index (Phi) is 8.88. The predicted octanol–water partition coefficient (Wildman–Crippen LogP) is 9.50. The molecular weight excluding hydrogens is 416 g/mol. The molecule has 0 saturated heterocycles. The Morgan fingerprint density at radius 3 is 2.35 bits per heavy atom. The normalized spacial score (nSPS) is 37.9. The van der Waals surface area contributed by atoms with Gasteiger partial charge in [-0.2, -0.15) is 0 Å². The van der Waals surface area contributed by atoms with Crippen LogP contribution in [0, 0.1) is 34.0 Å². The van der Waals surface area contributed by atoms with Crippen LogP contribution in [0.25, 0.3) is 0 Å². The van der Waals surface area contributed by atoms with Gasteiger partial charge < -0.3 is 9.47 Å². The minimum atomic E-state index is -0.0830. The predicted molar refractivity (Wildman–Crippen MR) is 146 cm³/mol. The largest absolute Gasteiger partial charge is 0.359 e. The van der Waals surface area contributed by atoms with E-state index in [0.717, 1.165) is 12.3 Å². The van der Waals surface area contributed by atoms with E-state index >= 15 is 0 Å². The molecule has 3 saturated carbocycles. The van der Waals surface area contributed by atoms with Crippen LogP contribution in [-0.2, 0) is 9.47 Å². The summed E-state index contributed by atoms with van der Waals surface area (Å²) in [6.07, 6.45) is 17.8. The summed E-state index contributed by atoms with van der Waals surface area (Å²) in [6.45, 7) is 22.1. The molecule has 3 aliphatic carbocycles. The van der Waals surface area contributed by atoms with Gasteiger partial charge in [-0.25, -0.2) is 0 Å². The highest BCUT2D eigenvalue weighted by Crippen LogP contribution is 2.63. The molecule has 0 heterocycles. The van der Waals surface area contributed by atoms with Crippen LogP contribution in [0.3, 0.4) is 0 Å². The van der Waals surface area contributed by atoms with Crippen LogP contribution >= 0.6 is 0 Å². The van der Waals surface area contributed by atoms with Crippen molar-refractivity contribution in [3.05, 3.63) is 23.8 Å². The molecule has 3 fully saturated rings. The standard InChI is InChI=1S/C32H56O2/c1-24(16-17-26-25(2)14-11-19-29(26,3)4)13-10-15-28-31(7)21-12-20-30(5,6)27(31)18-22-32(28,8)34-23-33-9/h13,26-28H,2,10-12,14-23H2,1,3-9H3/b24-13+/t26-,27+,28-,31+,32-/m1/s1. The number of ether oxygens (including phenoxy) is 2. The molecule has 2 nitrogen and oxygen atoms in total. The molecule has 0 bridgehead atoms. The van der Waals surface area contributed by atoms with Crippen LogP contribution < -0.4 is 0 Å². The van der Waals surface area contributed by atoms with Crippen molar-refractivity contribution < 1.29 is 9.47 Å². The van der Waals surface area contributed by atoms with E-state index in [2.05, 4.69) is 61.1 Å². The minimum Gasteiger partial charge on any atom is -0.359 e. The van der Waals surface area contributed by atoms with E-state index in [1.165, 1.54) is 76.2 Å². The number of fused-ring (bicyclic) bond motifs is 1. The van der Waals surface area contributed by atoms with E-state index in [9.17, 15) is 0 Å². The molecule has 3 aliphatic rings. The summed E-state index contributed by atoms with van der Waals surface area (Å²) in [6, 6.07) is 0. The van der Waals surface area contributed by atoms with Gasteiger partial charge in [0.15, 0.2) is 0 Å². The SMILES string of the molecule is C=C1CCCC(C)(C)[C@@H]1CC/C(C)=C/CC[C@@H]1[C@@]2(C)CCCC(C)(C)[C@@H]2CC[C@@]1(C)OCOC. The highest BCUT2D eigenvalue weighted by atomic mass is 16.7. The van der Waals surface area contributed by atoms with Gasteiger partial charge in [0.05, 0.1) is 5.60 Å². The molecule has 3 rings (SSSR count). The molecule has 0 unspecified atom stereocenters. The molecule has 0 N–H and O–H groups in total. The van der Waals surface area contributed by atoms with Gasteiger partial charge in [-0.15, -0.1) is 0 Å². The average Bonchev–Trinajstić information content (AvgIpc) is 2.73. The second-order valence-corrected chi connectivity index (χ2v) is 14.1. The molecule has 0 amide bonds. The van der Waals surface area contributed by atoms with Crippen LogP contribution in [0.1, 0.15) is 126 Å². The summed E-state index contributed by atoms with van der Waals surface area (Å²) in [5.41, 5.74) is 4.19. The van der Waals surface area contributed by atoms with Crippen molar-refractivity contribution in [2.45, 2.75) is 131 Å². The molecule has 196 valence electrons. The molecule has 0 aromatic carbocycles. The van der Waals surface area contributed by atoms with E-state index < -0.39 is 0 Å². The van der Waals surface area contributed by atoms with E-state index in [1.54, 1.807) is 12.7 Å². The third-order valence-corrected chi connectivity index (χ3v) is 10.8. The smallest absolute Gasteiger partial charge is 0.147 e. The lowest BCUT2D eigenvalue weighted by Gasteiger charge is -2.62. The summed E-state index contributed by atoms with van der Waals surface area (Å²) in [5, 5.41) is 0. The number of methoxy groups -OCH3 is 1. The third-order valence-electron chi connectivity index (χ3n) is 10.8. The van der Waals surface area contributed by atoms with Crippen LogP contribution in [0.15, 0.2) is 23.8 Å². The third kappa shape index (κ3) is 5.86. The Balaban J connectivity index is 1.68. The number of hydrogen-bond acceptors (Lipinski definition) is 2. The maximum atomic E-state index is 6.48. The van der Waals surface area contributed by atoms with Crippen LogP contribution in [0.2, 0.25) is 0 Å². The summed E-state index contributed by atoms with van der Waals surface area (Å²) < 4.78 is 11.9. The second-order valence-electron chi connectivity index (χ2n) is 14.1. The maximum absolute atomic E-state index is 6.48. The van der Waals surface area contributed by atoms with Crippen molar-refractivity contribution >= 4 is 0 Å². The fraction of sp³-hybridized carbons (Fsp3) is 0.875. The van der Waals surface area contributed by atoms with E-state index in [1.807, 2.05) is 0 Å². The molecule has 0 radical (unpaired) electrons. The molecule has 0 aliphatic heterocycles. The summed E-state index contributed by atoms with van der Waals surface area (Å²) >= 11 is 0. The van der Waals surface area contributed by atoms with Crippen LogP contribution in [0.5, 0.6) is 0 Å². The van der Waals surface area contributed by atoms with Gasteiger partial charge >= 0.3 is 0 Å². The Labute approximate surface area is 212 Å². The van der Waals surface area contributed by atoms with Gasteiger partial charge in [-0.05, 0) is 118 Å². The first-order valence-electron chi connectivity index (χ1n) is 14.3. The molecular formula is C32H56O2. The quantitative estimate of drug-likeness (QED) is 0.246. The monoisotopic (exact) mass is 472 g/mol. The fourth-order valence-corrected chi connectivity index (χ4v) is 8.85. The van der Waals surface area contributed by atoms with Gasteiger partial charge in [0.1, 0.15) is 6.79 Å². The van der Waals surface area contributed by atoms with Gasteiger partial charge in [0.2, 0.25) is 0 Å². The summed E-state index contributed by atoms with van der Waals surface area (Å²) in [7, 11) is 1.75. The molecule has 0 aromatic rings. The van der Waals surface area contributed by atoms with Crippen molar-refractivity contribution in [1.29, 1.82) is 0 Å². The summed E-state index contributed by atoms with van der Waals surface area (Å²) in [4.78, 5) is 0. The summed E-state index contributed by atoms with van der Waals surface area (Å²) in [5.74, 6) is 2.05. The topological polar surface area (TPSA) is 18.5 Å². The first-order valence-corrected chi connectivity index (χ1v) is 14.3. The highest BCUT2D eigenvalue weighted by molar-refractivity contribution is 5.12. The molecule has 34 heavy (non-hydrogen) atoms. The highest BCUT2D eigenvalue weighted by Gasteiger charge is 2.58. The van der Waals surface area contributed by atoms with Crippen molar-refractivity contribution in [1.82, 2.24) is 0 Å². The molecule has 2 heteroatoms. The second kappa shape index (κ2) is 10.8. The van der Waals surface area contributed by atoms with Gasteiger partial charge in [0.25, 0.3) is 0 Å². The Hall–Kier alpha value is -0.600. The number of rotatable bonds is 9. The Bertz CT molecular complexity index is 731. The van der Waals surface area contributed by atoms with Gasteiger partial charge in [-0.3, -0.25) is 0 Å². The lowest BCUT2D eigenvalue weighted by molar-refractivity contribution is -0.221. The fourth-order valence-electron chi connectivity index (χ4n) is 8.85. The van der Waals surface area contributed by atoms with Gasteiger partial charge in [-0.1, -0.05) is 64.8 Å². The molecule has 0 spiro atoms. The number of hydrogen-bond donors (Lipinski definition) is 0. The van der Waals surface area contributed by atoms with Crippen molar-refractivity contribution in [3.63, 3.8) is 0 Å². The Morgan fingerprint density at radius 1 is 0.971 bits per heavy atom. The van der Waals surface area contributed by atoms with Crippen molar-refractivity contribution in [3.8, 4) is 0 Å². The van der Waals surface area contributed by atoms with Gasteiger partial charge in [0, 0.05) is 7.11 Å². The van der Waals surface area contributed by atoms with Crippen molar-refractivity contribution in [2.75, 3.05) is 13.9 Å². The molecule has 0 aromatic heterocycles. The number of allylic oxidation sites excluding steroid dienone is 3. The lowest BCUT2D eigenvalue weighted by Crippen LogP contribution is -2.58. The van der Waals surface area contributed by atoms with Crippen LogP contribution in [0.4, 0.5) is 0 Å². The van der Waals surface area contributed by atoms with E-state index in [4.69, 9.17) is 9.47 Å². The van der Waals surface area contributed by atoms with E-state index in [0.29, 0.717) is 34.9 Å². The van der Waals surface area contributed by atoms with E-state index in [-0.39, 0.29) is 5.60 Å². The minimum absolute atomic E-state index is 0.0830. The average molecular weight is 473 g/mol. The zero-order chi connectivity index (χ0) is 25.2. The first kappa shape index (κ1) is 28.0. The zero-order valence-electron chi connectivity index (χ0n) is 24.0. The first-order chi connectivity index (χ1) is 15.9.